The zero-order valence-corrected chi connectivity index (χ0v) is 8.60. The topological polar surface area (TPSA) is 0 Å². The molecule has 1 rings (SSSR count). The maximum Gasteiger partial charge on any atom is -0.0295 e. The van der Waals surface area contributed by atoms with Crippen molar-refractivity contribution in [3.8, 4) is 0 Å². The molecule has 0 aromatic carbocycles. The molecule has 1 saturated carbocycles. The fourth-order valence-corrected chi connectivity index (χ4v) is 2.37. The van der Waals surface area contributed by atoms with Crippen molar-refractivity contribution in [3.05, 3.63) is 12.7 Å². The summed E-state index contributed by atoms with van der Waals surface area (Å²) >= 11 is 0. The third kappa shape index (κ3) is 2.66. The fraction of sp³-hybridized carbons (Fsp3) is 0.833. The highest BCUT2D eigenvalue weighted by molar-refractivity contribution is 4.94. The van der Waals surface area contributed by atoms with Crippen LogP contribution in [0.1, 0.15) is 52.4 Å². The van der Waals surface area contributed by atoms with Gasteiger partial charge in [-0.3, -0.25) is 0 Å². The highest BCUT2D eigenvalue weighted by atomic mass is 14.5. The average Bonchev–Trinajstić information content (AvgIpc) is 2.70. The Bertz CT molecular complexity index is 142. The van der Waals surface area contributed by atoms with Crippen molar-refractivity contribution < 1.29 is 0 Å². The molecule has 0 aliphatic heterocycles. The molecule has 0 saturated heterocycles. The van der Waals surface area contributed by atoms with Gasteiger partial charge < -0.3 is 0 Å². The summed E-state index contributed by atoms with van der Waals surface area (Å²) in [5, 5.41) is 0. The molecule has 0 spiro atoms. The summed E-state index contributed by atoms with van der Waals surface area (Å²) in [6.45, 7) is 8.46. The molecule has 1 atom stereocenters. The van der Waals surface area contributed by atoms with Gasteiger partial charge in [0.1, 0.15) is 0 Å². The van der Waals surface area contributed by atoms with E-state index in [2.05, 4.69) is 26.5 Å². The Morgan fingerprint density at radius 2 is 2.17 bits per heavy atom. The summed E-state index contributed by atoms with van der Waals surface area (Å²) in [6, 6.07) is 0. The fourth-order valence-electron chi connectivity index (χ4n) is 2.37. The maximum atomic E-state index is 3.80. The van der Waals surface area contributed by atoms with Crippen molar-refractivity contribution in [2.24, 2.45) is 11.3 Å². The maximum absolute atomic E-state index is 3.80. The van der Waals surface area contributed by atoms with Gasteiger partial charge in [-0.2, -0.15) is 0 Å². The van der Waals surface area contributed by atoms with Crippen LogP contribution in [-0.2, 0) is 0 Å². The van der Waals surface area contributed by atoms with Crippen LogP contribution in [-0.4, -0.2) is 0 Å². The molecule has 1 fully saturated rings. The quantitative estimate of drug-likeness (QED) is 0.519. The molecule has 0 bridgehead atoms. The summed E-state index contributed by atoms with van der Waals surface area (Å²) in [5.41, 5.74) is 0.775. The first-order chi connectivity index (χ1) is 5.72. The largest absolute Gasteiger partial charge is 0.103 e. The van der Waals surface area contributed by atoms with E-state index >= 15 is 0 Å². The van der Waals surface area contributed by atoms with E-state index in [0.29, 0.717) is 0 Å². The van der Waals surface area contributed by atoms with Gasteiger partial charge in [0.25, 0.3) is 0 Å². The van der Waals surface area contributed by atoms with E-state index in [0.717, 1.165) is 11.3 Å². The lowest BCUT2D eigenvalue weighted by atomic mass is 9.88. The smallest absolute Gasteiger partial charge is 0.0295 e. The lowest BCUT2D eigenvalue weighted by Gasteiger charge is -2.18. The minimum Gasteiger partial charge on any atom is -0.103 e. The molecule has 12 heavy (non-hydrogen) atoms. The first-order valence-corrected chi connectivity index (χ1v) is 5.33. The van der Waals surface area contributed by atoms with Gasteiger partial charge in [-0.1, -0.05) is 26.3 Å². The van der Waals surface area contributed by atoms with Crippen molar-refractivity contribution in [2.75, 3.05) is 0 Å². The van der Waals surface area contributed by atoms with Crippen LogP contribution in [0.5, 0.6) is 0 Å². The van der Waals surface area contributed by atoms with Crippen LogP contribution < -0.4 is 0 Å². The third-order valence-corrected chi connectivity index (χ3v) is 3.09. The van der Waals surface area contributed by atoms with Gasteiger partial charge in [0.05, 0.1) is 0 Å². The molecule has 0 aromatic rings. The van der Waals surface area contributed by atoms with E-state index in [4.69, 9.17) is 0 Å². The van der Waals surface area contributed by atoms with E-state index < -0.39 is 0 Å². The monoisotopic (exact) mass is 166 g/mol. The number of hydrogen-bond acceptors (Lipinski definition) is 0. The first-order valence-electron chi connectivity index (χ1n) is 5.33. The van der Waals surface area contributed by atoms with Crippen LogP contribution in [0, 0.1) is 11.3 Å². The van der Waals surface area contributed by atoms with E-state index in [1.165, 1.54) is 38.5 Å². The SMILES string of the molecule is C=CCC(C)CC1(CCC)CC1. The second-order valence-corrected chi connectivity index (χ2v) is 4.58. The van der Waals surface area contributed by atoms with Gasteiger partial charge in [-0.05, 0) is 43.4 Å². The molecule has 0 radical (unpaired) electrons. The highest BCUT2D eigenvalue weighted by Crippen LogP contribution is 2.54. The van der Waals surface area contributed by atoms with Crippen LogP contribution in [0.25, 0.3) is 0 Å². The van der Waals surface area contributed by atoms with Gasteiger partial charge in [0, 0.05) is 0 Å². The normalized spacial score (nSPS) is 21.8. The number of allylic oxidation sites excluding steroid dienone is 1. The standard InChI is InChI=1S/C12H22/c1-4-6-11(3)10-12(7-5-2)8-9-12/h4,11H,1,5-10H2,2-3H3. The number of hydrogen-bond donors (Lipinski definition) is 0. The minimum absolute atomic E-state index is 0.775. The first kappa shape index (κ1) is 9.83. The van der Waals surface area contributed by atoms with Crippen molar-refractivity contribution in [1.82, 2.24) is 0 Å². The Balaban J connectivity index is 2.24. The van der Waals surface area contributed by atoms with Crippen LogP contribution in [0.2, 0.25) is 0 Å². The summed E-state index contributed by atoms with van der Waals surface area (Å²) in [6.07, 6.45) is 10.5. The van der Waals surface area contributed by atoms with E-state index in [1.54, 1.807) is 0 Å². The van der Waals surface area contributed by atoms with Gasteiger partial charge >= 0.3 is 0 Å². The van der Waals surface area contributed by atoms with Gasteiger partial charge in [-0.25, -0.2) is 0 Å². The van der Waals surface area contributed by atoms with Crippen molar-refractivity contribution in [3.63, 3.8) is 0 Å². The summed E-state index contributed by atoms with van der Waals surface area (Å²) in [7, 11) is 0. The van der Waals surface area contributed by atoms with Gasteiger partial charge in [0.15, 0.2) is 0 Å². The van der Waals surface area contributed by atoms with Crippen LogP contribution in [0.15, 0.2) is 12.7 Å². The Kier molecular flexibility index (Phi) is 3.37. The second-order valence-electron chi connectivity index (χ2n) is 4.58. The van der Waals surface area contributed by atoms with Crippen molar-refractivity contribution >= 4 is 0 Å². The van der Waals surface area contributed by atoms with E-state index in [-0.39, 0.29) is 0 Å². The zero-order valence-electron chi connectivity index (χ0n) is 8.60. The van der Waals surface area contributed by atoms with Crippen molar-refractivity contribution in [2.45, 2.75) is 52.4 Å². The molecular weight excluding hydrogens is 144 g/mol. The van der Waals surface area contributed by atoms with Gasteiger partial charge in [0.2, 0.25) is 0 Å². The molecule has 1 unspecified atom stereocenters. The molecule has 1 aliphatic carbocycles. The lowest BCUT2D eigenvalue weighted by molar-refractivity contribution is 0.347. The average molecular weight is 166 g/mol. The Labute approximate surface area is 77.1 Å². The Morgan fingerprint density at radius 1 is 1.50 bits per heavy atom. The minimum atomic E-state index is 0.775. The summed E-state index contributed by atoms with van der Waals surface area (Å²) in [4.78, 5) is 0. The molecule has 70 valence electrons. The molecule has 0 N–H and O–H groups in total. The number of rotatable bonds is 6. The lowest BCUT2D eigenvalue weighted by Crippen LogP contribution is -2.06. The molecule has 0 heterocycles. The highest BCUT2D eigenvalue weighted by Gasteiger charge is 2.41. The molecule has 0 heteroatoms. The molecule has 0 aromatic heterocycles. The van der Waals surface area contributed by atoms with Crippen molar-refractivity contribution in [1.29, 1.82) is 0 Å². The molecular formula is C12H22. The molecule has 0 nitrogen and oxygen atoms in total. The van der Waals surface area contributed by atoms with E-state index in [1.807, 2.05) is 0 Å². The van der Waals surface area contributed by atoms with Crippen LogP contribution >= 0.6 is 0 Å². The van der Waals surface area contributed by atoms with Gasteiger partial charge in [-0.15, -0.1) is 6.58 Å². The predicted molar refractivity (Wildman–Crippen MR) is 55.2 cm³/mol. The predicted octanol–water partition coefficient (Wildman–Crippen LogP) is 4.17. The summed E-state index contributed by atoms with van der Waals surface area (Å²) in [5.74, 6) is 0.858. The second kappa shape index (κ2) is 4.11. The Hall–Kier alpha value is -0.260. The zero-order chi connectivity index (χ0) is 9.03. The molecule has 0 amide bonds. The van der Waals surface area contributed by atoms with E-state index in [9.17, 15) is 0 Å². The van der Waals surface area contributed by atoms with Crippen LogP contribution in [0.4, 0.5) is 0 Å². The molecule has 1 aliphatic rings. The third-order valence-electron chi connectivity index (χ3n) is 3.09. The Morgan fingerprint density at radius 3 is 2.58 bits per heavy atom. The van der Waals surface area contributed by atoms with Crippen LogP contribution in [0.3, 0.4) is 0 Å². The summed E-state index contributed by atoms with van der Waals surface area (Å²) < 4.78 is 0.